The van der Waals surface area contributed by atoms with Crippen molar-refractivity contribution in [3.05, 3.63) is 70.1 Å². The number of aryl methyl sites for hydroxylation is 2. The number of nitrogens with zero attached hydrogens (tertiary/aromatic N) is 4. The summed E-state index contributed by atoms with van der Waals surface area (Å²) >= 11 is 0. The van der Waals surface area contributed by atoms with Gasteiger partial charge in [-0.15, -0.1) is 0 Å². The third-order valence-electron chi connectivity index (χ3n) is 5.92. The molecule has 3 heterocycles. The van der Waals surface area contributed by atoms with E-state index in [2.05, 4.69) is 22.0 Å². The number of hydrogen-bond donors (Lipinski definition) is 0. The molecule has 0 saturated carbocycles. The second-order valence-electron chi connectivity index (χ2n) is 8.10. The minimum Gasteiger partial charge on any atom is -0.371 e. The van der Waals surface area contributed by atoms with Gasteiger partial charge in [-0.3, -0.25) is 9.59 Å². The van der Waals surface area contributed by atoms with Gasteiger partial charge in [0.05, 0.1) is 5.39 Å². The van der Waals surface area contributed by atoms with Crippen molar-refractivity contribution in [2.45, 2.75) is 26.8 Å². The van der Waals surface area contributed by atoms with Gasteiger partial charge in [-0.1, -0.05) is 18.2 Å². The first-order valence-electron chi connectivity index (χ1n) is 10.5. The fourth-order valence-corrected chi connectivity index (χ4v) is 4.28. The van der Waals surface area contributed by atoms with Gasteiger partial charge < -0.3 is 14.4 Å². The summed E-state index contributed by atoms with van der Waals surface area (Å²) in [7, 11) is 1.79. The van der Waals surface area contributed by atoms with Gasteiger partial charge in [0.15, 0.2) is 0 Å². The average Bonchev–Trinajstić information content (AvgIpc) is 3.22. The van der Waals surface area contributed by atoms with Gasteiger partial charge in [0.1, 0.15) is 11.2 Å². The molecule has 1 fully saturated rings. The molecule has 1 amide bonds. The number of pyridine rings is 2. The highest BCUT2D eigenvalue weighted by atomic mass is 16.2. The summed E-state index contributed by atoms with van der Waals surface area (Å²) in [6.07, 6.45) is 2.70. The summed E-state index contributed by atoms with van der Waals surface area (Å²) in [5.41, 5.74) is 2.68. The van der Waals surface area contributed by atoms with Crippen molar-refractivity contribution in [1.29, 1.82) is 0 Å². The number of fused-ring (bicyclic) bond motifs is 1. The molecule has 0 aliphatic carbocycles. The molecule has 3 aromatic rings. The predicted octanol–water partition coefficient (Wildman–Crippen LogP) is 3.32. The molecule has 156 valence electrons. The molecule has 30 heavy (non-hydrogen) atoms. The van der Waals surface area contributed by atoms with Crippen LogP contribution in [0.5, 0.6) is 0 Å². The van der Waals surface area contributed by atoms with E-state index in [1.165, 1.54) is 5.69 Å². The molecule has 6 nitrogen and oxygen atoms in total. The molecule has 1 aromatic carbocycles. The number of carbonyl (C=O) groups excluding carboxylic acids is 1. The molecule has 1 aliphatic rings. The lowest BCUT2D eigenvalue weighted by Gasteiger charge is -2.23. The molecule has 1 aliphatic heterocycles. The Morgan fingerprint density at radius 3 is 2.70 bits per heavy atom. The van der Waals surface area contributed by atoms with Crippen LogP contribution in [0.1, 0.15) is 29.4 Å². The van der Waals surface area contributed by atoms with Gasteiger partial charge in [-0.25, -0.2) is 4.98 Å². The van der Waals surface area contributed by atoms with Crippen LogP contribution in [0.3, 0.4) is 0 Å². The highest BCUT2D eigenvalue weighted by molar-refractivity contribution is 5.96. The summed E-state index contributed by atoms with van der Waals surface area (Å²) in [6.45, 7) is 7.07. The number of anilines is 1. The molecule has 1 unspecified atom stereocenters. The van der Waals surface area contributed by atoms with Gasteiger partial charge in [0, 0.05) is 50.8 Å². The van der Waals surface area contributed by atoms with Crippen LogP contribution in [0.15, 0.2) is 53.5 Å². The minimum atomic E-state index is -0.239. The molecule has 4 rings (SSSR count). The van der Waals surface area contributed by atoms with E-state index in [1.807, 2.05) is 42.7 Å². The van der Waals surface area contributed by atoms with Gasteiger partial charge in [0.25, 0.3) is 5.91 Å². The van der Waals surface area contributed by atoms with E-state index >= 15 is 0 Å². The van der Waals surface area contributed by atoms with Gasteiger partial charge in [0.2, 0.25) is 5.43 Å². The minimum absolute atomic E-state index is 0.218. The fraction of sp³-hybridized carbons (Fsp3) is 0.375. The molecular weight excluding hydrogens is 376 g/mol. The van der Waals surface area contributed by atoms with Crippen LogP contribution in [0.2, 0.25) is 0 Å². The number of rotatable bonds is 5. The Labute approximate surface area is 176 Å². The first kappa shape index (κ1) is 20.1. The topological polar surface area (TPSA) is 58.4 Å². The Hall–Kier alpha value is -3.15. The maximum absolute atomic E-state index is 13.2. The van der Waals surface area contributed by atoms with Crippen LogP contribution >= 0.6 is 0 Å². The molecular formula is C24H28N4O2. The fourth-order valence-electron chi connectivity index (χ4n) is 4.28. The van der Waals surface area contributed by atoms with Crippen molar-refractivity contribution in [1.82, 2.24) is 14.5 Å². The van der Waals surface area contributed by atoms with Crippen LogP contribution in [0, 0.1) is 12.8 Å². The van der Waals surface area contributed by atoms with E-state index in [-0.39, 0.29) is 16.9 Å². The van der Waals surface area contributed by atoms with E-state index in [1.54, 1.807) is 24.2 Å². The SMILES string of the molecule is CCn1cc(C(=O)N(C)CC2CCN(c3ccccc3)C2)c(=O)c2ccc(C)nc21. The Morgan fingerprint density at radius 1 is 1.20 bits per heavy atom. The summed E-state index contributed by atoms with van der Waals surface area (Å²) in [5.74, 6) is 0.167. The smallest absolute Gasteiger partial charge is 0.259 e. The van der Waals surface area contributed by atoms with Crippen molar-refractivity contribution in [2.75, 3.05) is 31.6 Å². The number of benzene rings is 1. The number of hydrogen-bond acceptors (Lipinski definition) is 4. The summed E-state index contributed by atoms with van der Waals surface area (Å²) in [5, 5.41) is 0.498. The molecule has 1 saturated heterocycles. The van der Waals surface area contributed by atoms with E-state index in [9.17, 15) is 9.59 Å². The number of aromatic nitrogens is 2. The maximum Gasteiger partial charge on any atom is 0.259 e. The van der Waals surface area contributed by atoms with E-state index in [0.717, 1.165) is 25.2 Å². The Morgan fingerprint density at radius 2 is 1.97 bits per heavy atom. The van der Waals surface area contributed by atoms with E-state index in [4.69, 9.17) is 0 Å². The van der Waals surface area contributed by atoms with Crippen LogP contribution in [-0.2, 0) is 6.54 Å². The largest absolute Gasteiger partial charge is 0.371 e. The quantitative estimate of drug-likeness (QED) is 0.655. The molecule has 0 bridgehead atoms. The average molecular weight is 405 g/mol. The highest BCUT2D eigenvalue weighted by Gasteiger charge is 2.27. The van der Waals surface area contributed by atoms with Gasteiger partial charge in [-0.05, 0) is 50.5 Å². The number of para-hydroxylation sites is 1. The lowest BCUT2D eigenvalue weighted by molar-refractivity contribution is 0.0774. The second-order valence-corrected chi connectivity index (χ2v) is 8.10. The summed E-state index contributed by atoms with van der Waals surface area (Å²) < 4.78 is 1.89. The zero-order valence-corrected chi connectivity index (χ0v) is 17.8. The van der Waals surface area contributed by atoms with Crippen molar-refractivity contribution >= 4 is 22.6 Å². The van der Waals surface area contributed by atoms with Gasteiger partial charge in [-0.2, -0.15) is 0 Å². The van der Waals surface area contributed by atoms with Crippen LogP contribution in [0.4, 0.5) is 5.69 Å². The summed E-state index contributed by atoms with van der Waals surface area (Å²) in [6, 6.07) is 14.0. The molecule has 2 aromatic heterocycles. The van der Waals surface area contributed by atoms with E-state index < -0.39 is 0 Å². The lowest BCUT2D eigenvalue weighted by atomic mass is 10.1. The predicted molar refractivity (Wildman–Crippen MR) is 120 cm³/mol. The van der Waals surface area contributed by atoms with Crippen LogP contribution < -0.4 is 10.3 Å². The Balaban J connectivity index is 1.53. The molecule has 6 heteroatoms. The van der Waals surface area contributed by atoms with Crippen molar-refractivity contribution in [2.24, 2.45) is 5.92 Å². The number of amides is 1. The summed E-state index contributed by atoms with van der Waals surface area (Å²) in [4.78, 5) is 34.7. The highest BCUT2D eigenvalue weighted by Crippen LogP contribution is 2.24. The number of carbonyl (C=O) groups is 1. The lowest BCUT2D eigenvalue weighted by Crippen LogP contribution is -2.36. The molecule has 1 atom stereocenters. The molecule has 0 N–H and O–H groups in total. The van der Waals surface area contributed by atoms with Crippen LogP contribution in [0.25, 0.3) is 11.0 Å². The Bertz CT molecular complexity index is 1120. The first-order valence-corrected chi connectivity index (χ1v) is 10.5. The van der Waals surface area contributed by atoms with Gasteiger partial charge >= 0.3 is 0 Å². The zero-order valence-electron chi connectivity index (χ0n) is 17.8. The Kier molecular flexibility index (Phi) is 5.57. The first-order chi connectivity index (χ1) is 14.5. The normalized spacial score (nSPS) is 16.2. The van der Waals surface area contributed by atoms with Crippen LogP contribution in [-0.4, -0.2) is 47.0 Å². The van der Waals surface area contributed by atoms with E-state index in [0.29, 0.717) is 30.0 Å². The molecule has 0 spiro atoms. The third-order valence-corrected chi connectivity index (χ3v) is 5.92. The third kappa shape index (κ3) is 3.82. The van der Waals surface area contributed by atoms with Crippen molar-refractivity contribution in [3.63, 3.8) is 0 Å². The standard InChI is InChI=1S/C24H28N4O2/c1-4-27-16-21(22(29)20-11-10-17(2)25-23(20)27)24(30)26(3)14-18-12-13-28(15-18)19-8-6-5-7-9-19/h5-11,16,18H,4,12-15H2,1-3H3. The second kappa shape index (κ2) is 8.30. The molecule has 0 radical (unpaired) electrons. The monoisotopic (exact) mass is 404 g/mol. The van der Waals surface area contributed by atoms with Crippen molar-refractivity contribution in [3.8, 4) is 0 Å². The maximum atomic E-state index is 13.2. The van der Waals surface area contributed by atoms with Crippen molar-refractivity contribution < 1.29 is 4.79 Å². The zero-order chi connectivity index (χ0) is 21.3.